The second kappa shape index (κ2) is 7.98. The number of hydrazone groups is 1. The quantitative estimate of drug-likeness (QED) is 0.659. The summed E-state index contributed by atoms with van der Waals surface area (Å²) in [7, 11) is 1.61. The summed E-state index contributed by atoms with van der Waals surface area (Å²) in [5.41, 5.74) is 5.31. The molecule has 2 rings (SSSR count). The lowest BCUT2D eigenvalue weighted by Gasteiger charge is -2.10. The van der Waals surface area contributed by atoms with Gasteiger partial charge in [0, 0.05) is 0 Å². The Morgan fingerprint density at radius 1 is 1.13 bits per heavy atom. The van der Waals surface area contributed by atoms with E-state index >= 15 is 0 Å². The van der Waals surface area contributed by atoms with Crippen LogP contribution in [0.25, 0.3) is 0 Å². The minimum absolute atomic E-state index is 0.0777. The summed E-state index contributed by atoms with van der Waals surface area (Å²) < 4.78 is 10.6. The molecule has 0 aliphatic rings. The molecule has 2 aromatic rings. The van der Waals surface area contributed by atoms with Crippen molar-refractivity contribution >= 4 is 12.1 Å². The Balaban J connectivity index is 1.84. The van der Waals surface area contributed by atoms with Crippen molar-refractivity contribution in [3.05, 3.63) is 59.2 Å². The van der Waals surface area contributed by atoms with Crippen molar-refractivity contribution < 1.29 is 14.3 Å². The third-order valence-corrected chi connectivity index (χ3v) is 3.28. The van der Waals surface area contributed by atoms with Crippen LogP contribution in [0, 0.1) is 13.8 Å². The van der Waals surface area contributed by atoms with Gasteiger partial charge in [-0.05, 0) is 54.8 Å². The fraction of sp³-hybridized carbons (Fsp3) is 0.222. The number of nitrogens with zero attached hydrogens (tertiary/aromatic N) is 1. The first kappa shape index (κ1) is 16.5. The topological polar surface area (TPSA) is 59.9 Å². The molecule has 0 saturated heterocycles. The van der Waals surface area contributed by atoms with E-state index in [-0.39, 0.29) is 12.5 Å². The van der Waals surface area contributed by atoms with E-state index in [1.165, 1.54) is 0 Å². The lowest BCUT2D eigenvalue weighted by molar-refractivity contribution is -0.123. The number of hydrogen-bond acceptors (Lipinski definition) is 4. The predicted octanol–water partition coefficient (Wildman–Crippen LogP) is 2.84. The Hall–Kier alpha value is -2.82. The maximum Gasteiger partial charge on any atom is 0.277 e. The van der Waals surface area contributed by atoms with E-state index in [1.807, 2.05) is 56.3 Å². The lowest BCUT2D eigenvalue weighted by atomic mass is 10.1. The van der Waals surface area contributed by atoms with E-state index in [9.17, 15) is 4.79 Å². The van der Waals surface area contributed by atoms with E-state index in [0.29, 0.717) is 0 Å². The van der Waals surface area contributed by atoms with Gasteiger partial charge < -0.3 is 9.47 Å². The smallest absolute Gasteiger partial charge is 0.277 e. The van der Waals surface area contributed by atoms with Gasteiger partial charge in [0.1, 0.15) is 11.5 Å². The molecule has 0 saturated carbocycles. The van der Waals surface area contributed by atoms with Crippen LogP contribution in [-0.4, -0.2) is 25.8 Å². The van der Waals surface area contributed by atoms with E-state index in [4.69, 9.17) is 9.47 Å². The average Bonchev–Trinajstić information content (AvgIpc) is 2.55. The molecule has 120 valence electrons. The monoisotopic (exact) mass is 312 g/mol. The van der Waals surface area contributed by atoms with Gasteiger partial charge in [0.25, 0.3) is 5.91 Å². The van der Waals surface area contributed by atoms with Crippen LogP contribution < -0.4 is 14.9 Å². The Morgan fingerprint density at radius 2 is 1.78 bits per heavy atom. The van der Waals surface area contributed by atoms with Gasteiger partial charge in [0.05, 0.1) is 13.3 Å². The number of carbonyl (C=O) groups is 1. The third kappa shape index (κ3) is 4.85. The molecule has 0 radical (unpaired) electrons. The minimum Gasteiger partial charge on any atom is -0.497 e. The summed E-state index contributed by atoms with van der Waals surface area (Å²) in [4.78, 5) is 11.8. The van der Waals surface area contributed by atoms with E-state index in [0.717, 1.165) is 28.2 Å². The number of aryl methyl sites for hydroxylation is 2. The molecule has 0 aromatic heterocycles. The van der Waals surface area contributed by atoms with Crippen molar-refractivity contribution in [1.82, 2.24) is 5.43 Å². The SMILES string of the molecule is COc1ccc(/C=N/NC(=O)COc2c(C)cccc2C)cc1. The highest BCUT2D eigenvalue weighted by Gasteiger charge is 2.06. The van der Waals surface area contributed by atoms with Crippen molar-refractivity contribution in [2.24, 2.45) is 5.10 Å². The van der Waals surface area contributed by atoms with Gasteiger partial charge in [-0.15, -0.1) is 0 Å². The summed E-state index contributed by atoms with van der Waals surface area (Å²) in [6.45, 7) is 3.82. The molecule has 0 aliphatic heterocycles. The highest BCUT2D eigenvalue weighted by Crippen LogP contribution is 2.21. The van der Waals surface area contributed by atoms with Crippen LogP contribution in [0.5, 0.6) is 11.5 Å². The maximum atomic E-state index is 11.8. The normalized spacial score (nSPS) is 10.6. The van der Waals surface area contributed by atoms with Crippen LogP contribution in [0.4, 0.5) is 0 Å². The number of ether oxygens (including phenoxy) is 2. The molecule has 1 N–H and O–H groups in total. The number of hydrogen-bond donors (Lipinski definition) is 1. The summed E-state index contributed by atoms with van der Waals surface area (Å²) >= 11 is 0. The van der Waals surface area contributed by atoms with Crippen LogP contribution in [0.1, 0.15) is 16.7 Å². The van der Waals surface area contributed by atoms with Gasteiger partial charge >= 0.3 is 0 Å². The molecule has 0 unspecified atom stereocenters. The zero-order chi connectivity index (χ0) is 16.7. The molecule has 0 atom stereocenters. The highest BCUT2D eigenvalue weighted by molar-refractivity contribution is 5.83. The van der Waals surface area contributed by atoms with Gasteiger partial charge in [0.2, 0.25) is 0 Å². The van der Waals surface area contributed by atoms with Gasteiger partial charge in [-0.2, -0.15) is 5.10 Å². The molecular weight excluding hydrogens is 292 g/mol. The van der Waals surface area contributed by atoms with E-state index in [2.05, 4.69) is 10.5 Å². The number of methoxy groups -OCH3 is 1. The van der Waals surface area contributed by atoms with Crippen LogP contribution in [0.15, 0.2) is 47.6 Å². The average molecular weight is 312 g/mol. The Labute approximate surface area is 135 Å². The zero-order valence-corrected chi connectivity index (χ0v) is 13.5. The van der Waals surface area contributed by atoms with Crippen molar-refractivity contribution in [1.29, 1.82) is 0 Å². The van der Waals surface area contributed by atoms with Crippen molar-refractivity contribution in [2.75, 3.05) is 13.7 Å². The molecule has 0 spiro atoms. The Morgan fingerprint density at radius 3 is 2.39 bits per heavy atom. The number of nitrogens with one attached hydrogen (secondary N) is 1. The summed E-state index contributed by atoms with van der Waals surface area (Å²) in [6.07, 6.45) is 1.57. The van der Waals surface area contributed by atoms with Crippen LogP contribution in [0.3, 0.4) is 0 Å². The molecule has 23 heavy (non-hydrogen) atoms. The molecule has 0 aliphatic carbocycles. The minimum atomic E-state index is -0.308. The summed E-state index contributed by atoms with van der Waals surface area (Å²) in [5, 5.41) is 3.91. The molecule has 0 heterocycles. The summed E-state index contributed by atoms with van der Waals surface area (Å²) in [5.74, 6) is 1.20. The molecule has 5 heteroatoms. The third-order valence-electron chi connectivity index (χ3n) is 3.28. The molecule has 1 amide bonds. The second-order valence-corrected chi connectivity index (χ2v) is 5.08. The van der Waals surface area contributed by atoms with Crippen LogP contribution in [-0.2, 0) is 4.79 Å². The summed E-state index contributed by atoms with van der Waals surface area (Å²) in [6, 6.07) is 13.2. The van der Waals surface area contributed by atoms with E-state index in [1.54, 1.807) is 13.3 Å². The first-order valence-electron chi connectivity index (χ1n) is 7.25. The first-order chi connectivity index (χ1) is 11.1. The molecule has 0 fully saturated rings. The van der Waals surface area contributed by atoms with Gasteiger partial charge in [0.15, 0.2) is 6.61 Å². The van der Waals surface area contributed by atoms with Crippen molar-refractivity contribution in [3.8, 4) is 11.5 Å². The largest absolute Gasteiger partial charge is 0.497 e. The number of amides is 1. The lowest BCUT2D eigenvalue weighted by Crippen LogP contribution is -2.25. The molecular formula is C18H20N2O3. The van der Waals surface area contributed by atoms with Crippen LogP contribution >= 0.6 is 0 Å². The molecule has 0 bridgehead atoms. The van der Waals surface area contributed by atoms with Crippen LogP contribution in [0.2, 0.25) is 0 Å². The standard InChI is InChI=1S/C18H20N2O3/c1-13-5-4-6-14(2)18(13)23-12-17(21)20-19-11-15-7-9-16(22-3)10-8-15/h4-11H,12H2,1-3H3,(H,20,21)/b19-11+. The fourth-order valence-corrected chi connectivity index (χ4v) is 2.07. The fourth-order valence-electron chi connectivity index (χ4n) is 2.07. The maximum absolute atomic E-state index is 11.8. The molecule has 5 nitrogen and oxygen atoms in total. The predicted molar refractivity (Wildman–Crippen MR) is 90.1 cm³/mol. The van der Waals surface area contributed by atoms with Gasteiger partial charge in [-0.3, -0.25) is 4.79 Å². The van der Waals surface area contributed by atoms with Gasteiger partial charge in [-0.25, -0.2) is 5.43 Å². The zero-order valence-electron chi connectivity index (χ0n) is 13.5. The van der Waals surface area contributed by atoms with E-state index < -0.39 is 0 Å². The van der Waals surface area contributed by atoms with Crippen molar-refractivity contribution in [2.45, 2.75) is 13.8 Å². The Kier molecular flexibility index (Phi) is 5.74. The Bertz CT molecular complexity index is 674. The number of benzene rings is 2. The highest BCUT2D eigenvalue weighted by atomic mass is 16.5. The number of para-hydroxylation sites is 1. The second-order valence-electron chi connectivity index (χ2n) is 5.08. The number of carbonyl (C=O) groups excluding carboxylic acids is 1. The number of rotatable bonds is 6. The van der Waals surface area contributed by atoms with Crippen molar-refractivity contribution in [3.63, 3.8) is 0 Å². The first-order valence-corrected chi connectivity index (χ1v) is 7.25. The molecule has 2 aromatic carbocycles. The van der Waals surface area contributed by atoms with Gasteiger partial charge in [-0.1, -0.05) is 18.2 Å².